The number of ketones is 1. The van der Waals surface area contributed by atoms with Crippen molar-refractivity contribution in [2.24, 2.45) is 0 Å². The average molecular weight is 263 g/mol. The van der Waals surface area contributed by atoms with Crippen molar-refractivity contribution in [2.75, 3.05) is 12.8 Å². The molecular formula is C13H11ClN2O2. The lowest BCUT2D eigenvalue weighted by Gasteiger charge is -2.08. The van der Waals surface area contributed by atoms with Gasteiger partial charge in [0, 0.05) is 0 Å². The van der Waals surface area contributed by atoms with E-state index in [1.54, 1.807) is 30.3 Å². The number of ether oxygens (including phenoxy) is 1. The Labute approximate surface area is 109 Å². The molecule has 18 heavy (non-hydrogen) atoms. The van der Waals surface area contributed by atoms with Crippen molar-refractivity contribution < 1.29 is 9.53 Å². The Bertz CT molecular complexity index is 599. The first-order chi connectivity index (χ1) is 8.63. The number of rotatable bonds is 3. The number of nitrogen functional groups attached to an aromatic ring is 1. The van der Waals surface area contributed by atoms with Gasteiger partial charge in [0.25, 0.3) is 0 Å². The number of benzene rings is 1. The van der Waals surface area contributed by atoms with Crippen molar-refractivity contribution in [2.45, 2.75) is 0 Å². The van der Waals surface area contributed by atoms with E-state index in [1.165, 1.54) is 13.2 Å². The number of nitrogens with zero attached hydrogens (tertiary/aromatic N) is 1. The Morgan fingerprint density at radius 3 is 2.61 bits per heavy atom. The second-order valence-corrected chi connectivity index (χ2v) is 3.98. The molecular weight excluding hydrogens is 252 g/mol. The molecule has 0 spiro atoms. The molecule has 0 saturated heterocycles. The number of halogens is 1. The number of nitrogens with two attached hydrogens (primary N) is 1. The van der Waals surface area contributed by atoms with E-state index in [1.807, 2.05) is 0 Å². The summed E-state index contributed by atoms with van der Waals surface area (Å²) in [5.41, 5.74) is 6.44. The normalized spacial score (nSPS) is 10.1. The summed E-state index contributed by atoms with van der Waals surface area (Å²) in [5, 5.41) is 0.254. The van der Waals surface area contributed by atoms with Crippen LogP contribution in [0.2, 0.25) is 5.15 Å². The maximum absolute atomic E-state index is 12.3. The Morgan fingerprint density at radius 1 is 1.22 bits per heavy atom. The predicted octanol–water partition coefficient (Wildman–Crippen LogP) is 2.56. The summed E-state index contributed by atoms with van der Waals surface area (Å²) < 4.78 is 5.14. The average Bonchev–Trinajstić information content (AvgIpc) is 2.38. The highest BCUT2D eigenvalue weighted by Gasteiger charge is 2.17. The second kappa shape index (κ2) is 5.06. The lowest BCUT2D eigenvalue weighted by molar-refractivity contribution is 0.103. The third-order valence-corrected chi connectivity index (χ3v) is 2.70. The Hall–Kier alpha value is -2.07. The first-order valence-corrected chi connectivity index (χ1v) is 5.61. The molecule has 0 bridgehead atoms. The van der Waals surface area contributed by atoms with Gasteiger partial charge < -0.3 is 10.5 Å². The molecule has 4 nitrogen and oxygen atoms in total. The molecule has 1 aromatic carbocycles. The van der Waals surface area contributed by atoms with E-state index in [0.29, 0.717) is 16.9 Å². The van der Waals surface area contributed by atoms with Gasteiger partial charge in [-0.3, -0.25) is 4.79 Å². The van der Waals surface area contributed by atoms with Gasteiger partial charge in [-0.2, -0.15) is 0 Å². The number of hydrogen-bond donors (Lipinski definition) is 1. The van der Waals surface area contributed by atoms with Gasteiger partial charge in [0.05, 0.1) is 18.2 Å². The molecule has 0 fully saturated rings. The van der Waals surface area contributed by atoms with E-state index in [2.05, 4.69) is 4.98 Å². The summed E-state index contributed by atoms with van der Waals surface area (Å²) in [5.74, 6) is 0.365. The van der Waals surface area contributed by atoms with Gasteiger partial charge in [0.1, 0.15) is 16.7 Å². The Balaban J connectivity index is 2.48. The van der Waals surface area contributed by atoms with Gasteiger partial charge in [-0.05, 0) is 24.3 Å². The van der Waals surface area contributed by atoms with Gasteiger partial charge in [-0.25, -0.2) is 4.98 Å². The maximum Gasteiger partial charge on any atom is 0.200 e. The van der Waals surface area contributed by atoms with Crippen LogP contribution in [0.15, 0.2) is 36.4 Å². The van der Waals surface area contributed by atoms with E-state index in [9.17, 15) is 4.79 Å². The van der Waals surface area contributed by atoms with Crippen LogP contribution in [0.25, 0.3) is 0 Å². The molecule has 2 N–H and O–H groups in total. The van der Waals surface area contributed by atoms with Gasteiger partial charge in [-0.15, -0.1) is 0 Å². The zero-order chi connectivity index (χ0) is 13.1. The molecule has 2 aromatic rings. The van der Waals surface area contributed by atoms with Crippen molar-refractivity contribution in [1.29, 1.82) is 0 Å². The molecule has 5 heteroatoms. The maximum atomic E-state index is 12.3. The molecule has 2 rings (SSSR count). The largest absolute Gasteiger partial charge is 0.496 e. The highest BCUT2D eigenvalue weighted by molar-refractivity contribution is 6.29. The van der Waals surface area contributed by atoms with Crippen molar-refractivity contribution in [3.05, 3.63) is 52.7 Å². The van der Waals surface area contributed by atoms with Crippen molar-refractivity contribution >= 4 is 23.2 Å². The molecule has 0 aliphatic rings. The standard InChI is InChI=1S/C13H11ClN2O2/c1-18-10-5-3-2-4-8(10)12(17)9-6-7-11(14)16-13(9)15/h2-7H,1H3,(H2,15,16). The van der Waals surface area contributed by atoms with E-state index in [-0.39, 0.29) is 16.8 Å². The lowest BCUT2D eigenvalue weighted by Crippen LogP contribution is -2.08. The van der Waals surface area contributed by atoms with Crippen LogP contribution in [0.3, 0.4) is 0 Å². The minimum atomic E-state index is -0.242. The zero-order valence-corrected chi connectivity index (χ0v) is 10.4. The number of methoxy groups -OCH3 is 1. The number of hydrogen-bond acceptors (Lipinski definition) is 4. The number of para-hydroxylation sites is 1. The van der Waals surface area contributed by atoms with Crippen molar-refractivity contribution in [3.63, 3.8) is 0 Å². The fourth-order valence-electron chi connectivity index (χ4n) is 1.62. The van der Waals surface area contributed by atoms with Crippen molar-refractivity contribution in [3.8, 4) is 5.75 Å². The van der Waals surface area contributed by atoms with Crippen molar-refractivity contribution in [1.82, 2.24) is 4.98 Å². The topological polar surface area (TPSA) is 65.2 Å². The predicted molar refractivity (Wildman–Crippen MR) is 70.1 cm³/mol. The number of carbonyl (C=O) groups excluding carboxylic acids is 1. The third-order valence-electron chi connectivity index (χ3n) is 2.49. The van der Waals surface area contributed by atoms with Crippen LogP contribution in [-0.2, 0) is 0 Å². The van der Waals surface area contributed by atoms with Gasteiger partial charge in [0.15, 0.2) is 5.78 Å². The molecule has 92 valence electrons. The van der Waals surface area contributed by atoms with Crippen LogP contribution in [0.1, 0.15) is 15.9 Å². The van der Waals surface area contributed by atoms with E-state index >= 15 is 0 Å². The smallest absolute Gasteiger partial charge is 0.200 e. The van der Waals surface area contributed by atoms with Gasteiger partial charge in [0.2, 0.25) is 0 Å². The summed E-state index contributed by atoms with van der Waals surface area (Å²) >= 11 is 5.70. The quantitative estimate of drug-likeness (QED) is 0.682. The molecule has 0 atom stereocenters. The molecule has 0 amide bonds. The van der Waals surface area contributed by atoms with Crippen LogP contribution in [-0.4, -0.2) is 17.9 Å². The number of anilines is 1. The van der Waals surface area contributed by atoms with E-state index in [4.69, 9.17) is 22.1 Å². The van der Waals surface area contributed by atoms with Crippen LogP contribution >= 0.6 is 11.6 Å². The minimum Gasteiger partial charge on any atom is -0.496 e. The lowest BCUT2D eigenvalue weighted by atomic mass is 10.0. The van der Waals surface area contributed by atoms with Crippen LogP contribution in [0.4, 0.5) is 5.82 Å². The molecule has 0 saturated carbocycles. The van der Waals surface area contributed by atoms with Gasteiger partial charge in [-0.1, -0.05) is 23.7 Å². The molecule has 0 unspecified atom stereocenters. The Kier molecular flexibility index (Phi) is 3.48. The number of aromatic nitrogens is 1. The number of carbonyl (C=O) groups is 1. The molecule has 0 radical (unpaired) electrons. The van der Waals surface area contributed by atoms with Crippen LogP contribution in [0.5, 0.6) is 5.75 Å². The molecule has 1 aromatic heterocycles. The van der Waals surface area contributed by atoms with Crippen LogP contribution < -0.4 is 10.5 Å². The highest BCUT2D eigenvalue weighted by atomic mass is 35.5. The third kappa shape index (κ3) is 2.28. The summed E-state index contributed by atoms with van der Waals surface area (Å²) in [4.78, 5) is 16.2. The SMILES string of the molecule is COc1ccccc1C(=O)c1ccc(Cl)nc1N. The summed E-state index contributed by atoms with van der Waals surface area (Å²) in [7, 11) is 1.51. The van der Waals surface area contributed by atoms with E-state index in [0.717, 1.165) is 0 Å². The monoisotopic (exact) mass is 262 g/mol. The fourth-order valence-corrected chi connectivity index (χ4v) is 1.77. The summed E-state index contributed by atoms with van der Waals surface area (Å²) in [6.45, 7) is 0. The minimum absolute atomic E-state index is 0.110. The first-order valence-electron chi connectivity index (χ1n) is 5.23. The summed E-state index contributed by atoms with van der Waals surface area (Å²) in [6, 6.07) is 10.0. The second-order valence-electron chi connectivity index (χ2n) is 3.60. The van der Waals surface area contributed by atoms with Gasteiger partial charge >= 0.3 is 0 Å². The summed E-state index contributed by atoms with van der Waals surface area (Å²) in [6.07, 6.45) is 0. The molecule has 1 heterocycles. The van der Waals surface area contributed by atoms with Crippen LogP contribution in [0, 0.1) is 0 Å². The first kappa shape index (κ1) is 12.4. The zero-order valence-electron chi connectivity index (χ0n) is 9.68. The number of pyridine rings is 1. The Morgan fingerprint density at radius 2 is 1.94 bits per heavy atom. The molecule has 0 aliphatic carbocycles. The highest BCUT2D eigenvalue weighted by Crippen LogP contribution is 2.23. The van der Waals surface area contributed by atoms with E-state index < -0.39 is 0 Å². The fraction of sp³-hybridized carbons (Fsp3) is 0.0769. The molecule has 0 aliphatic heterocycles.